The van der Waals surface area contributed by atoms with Crippen molar-refractivity contribution < 1.29 is 24.4 Å². The number of aliphatic hydroxyl groups is 2. The molecule has 0 saturated heterocycles. The third-order valence-corrected chi connectivity index (χ3v) is 15.7. The maximum absolute atomic E-state index is 9.81. The maximum atomic E-state index is 9.81. The Hall–Kier alpha value is -0.200. The fraction of sp³-hybridized carbons (Fsp3) is 1.00. The van der Waals surface area contributed by atoms with Gasteiger partial charge >= 0.3 is 0 Å². The molecular formula is C64H130O5. The molecule has 0 aromatic rings. The lowest BCUT2D eigenvalue weighted by Crippen LogP contribution is -2.28. The van der Waals surface area contributed by atoms with E-state index < -0.39 is 0 Å². The predicted molar refractivity (Wildman–Crippen MR) is 304 cm³/mol. The van der Waals surface area contributed by atoms with Gasteiger partial charge in [0, 0.05) is 13.2 Å². The lowest BCUT2D eigenvalue weighted by Gasteiger charge is -2.27. The Bertz CT molecular complexity index is 998. The number of hydrogen-bond donors (Lipinski definition) is 2. The number of unbranched alkanes of at least 4 members (excludes halogenated alkanes) is 10. The van der Waals surface area contributed by atoms with Gasteiger partial charge in [-0.25, -0.2) is 0 Å². The van der Waals surface area contributed by atoms with Crippen molar-refractivity contribution in [3.63, 3.8) is 0 Å². The second-order valence-corrected chi connectivity index (χ2v) is 25.9. The van der Waals surface area contributed by atoms with Crippen LogP contribution in [0.3, 0.4) is 0 Å². The second kappa shape index (κ2) is 44.1. The van der Waals surface area contributed by atoms with E-state index in [4.69, 9.17) is 14.2 Å². The lowest BCUT2D eigenvalue weighted by atomic mass is 9.81. The average molecular weight is 980 g/mol. The van der Waals surface area contributed by atoms with Crippen LogP contribution in [0.2, 0.25) is 0 Å². The van der Waals surface area contributed by atoms with E-state index in [1.807, 2.05) is 13.8 Å². The van der Waals surface area contributed by atoms with E-state index in [0.717, 1.165) is 112 Å². The molecule has 16 unspecified atom stereocenters. The van der Waals surface area contributed by atoms with Crippen molar-refractivity contribution in [3.05, 3.63) is 0 Å². The van der Waals surface area contributed by atoms with Gasteiger partial charge in [0.1, 0.15) is 0 Å². The molecule has 0 aromatic heterocycles. The van der Waals surface area contributed by atoms with E-state index in [1.54, 1.807) is 0 Å². The summed E-state index contributed by atoms with van der Waals surface area (Å²) < 4.78 is 20.2. The molecule has 416 valence electrons. The summed E-state index contributed by atoms with van der Waals surface area (Å²) in [5.41, 5.74) is 0. The van der Waals surface area contributed by atoms with Crippen LogP contribution in [0.1, 0.15) is 303 Å². The smallest absolute Gasteiger partial charge is 0.160 e. The Kier molecular flexibility index (Phi) is 44.0. The van der Waals surface area contributed by atoms with Crippen molar-refractivity contribution in [1.82, 2.24) is 0 Å². The van der Waals surface area contributed by atoms with Gasteiger partial charge in [0.2, 0.25) is 0 Å². The van der Waals surface area contributed by atoms with Gasteiger partial charge in [0.25, 0.3) is 0 Å². The summed E-state index contributed by atoms with van der Waals surface area (Å²) >= 11 is 0. The second-order valence-electron chi connectivity index (χ2n) is 25.9. The van der Waals surface area contributed by atoms with Crippen LogP contribution in [0.5, 0.6) is 0 Å². The number of rotatable bonds is 50. The molecule has 0 fully saturated rings. The van der Waals surface area contributed by atoms with Crippen molar-refractivity contribution in [2.24, 2.45) is 71.0 Å². The first-order chi connectivity index (χ1) is 32.7. The largest absolute Gasteiger partial charge is 0.393 e. The molecule has 0 aliphatic heterocycles. The first-order valence-corrected chi connectivity index (χ1v) is 31.0. The molecular weight excluding hydrogens is 849 g/mol. The Morgan fingerprint density at radius 1 is 0.261 bits per heavy atom. The van der Waals surface area contributed by atoms with E-state index in [9.17, 15) is 10.2 Å². The average Bonchev–Trinajstić information content (AvgIpc) is 3.21. The molecule has 16 atom stereocenters. The van der Waals surface area contributed by atoms with Crippen molar-refractivity contribution in [2.45, 2.75) is 328 Å². The zero-order valence-corrected chi connectivity index (χ0v) is 50.0. The molecule has 0 aromatic carbocycles. The SMILES string of the molecule is CCCCCCCCOC(CCCC(C)CC(C)CC(C)CC(C)CC(C)CC(C)CC(C)O)OC(CCCC(C)CC(C)CC(C)CC(C)CC(C)CC(C)CC(C)O)OCCCCCCCC. The molecule has 2 N–H and O–H groups in total. The maximum Gasteiger partial charge on any atom is 0.160 e. The van der Waals surface area contributed by atoms with Crippen LogP contribution in [0.15, 0.2) is 0 Å². The van der Waals surface area contributed by atoms with E-state index >= 15 is 0 Å². The van der Waals surface area contributed by atoms with E-state index in [0.29, 0.717) is 23.7 Å². The van der Waals surface area contributed by atoms with Crippen LogP contribution >= 0.6 is 0 Å². The molecule has 0 saturated carbocycles. The molecule has 0 radical (unpaired) electrons. The molecule has 0 amide bonds. The van der Waals surface area contributed by atoms with Gasteiger partial charge < -0.3 is 24.4 Å². The van der Waals surface area contributed by atoms with Gasteiger partial charge in [-0.3, -0.25) is 0 Å². The minimum atomic E-state index is -0.186. The summed E-state index contributed by atoms with van der Waals surface area (Å²) in [6.07, 6.45) is 36.0. The van der Waals surface area contributed by atoms with Gasteiger partial charge in [-0.1, -0.05) is 174 Å². The first-order valence-electron chi connectivity index (χ1n) is 31.0. The Labute approximate surface area is 435 Å². The number of ether oxygens (including phenoxy) is 3. The van der Waals surface area contributed by atoms with Crippen LogP contribution in [-0.4, -0.2) is 48.2 Å². The van der Waals surface area contributed by atoms with Crippen LogP contribution < -0.4 is 0 Å². The summed E-state index contributed by atoms with van der Waals surface area (Å²) in [6, 6.07) is 0. The fourth-order valence-corrected chi connectivity index (χ4v) is 13.2. The zero-order valence-electron chi connectivity index (χ0n) is 50.0. The van der Waals surface area contributed by atoms with Gasteiger partial charge in [-0.2, -0.15) is 0 Å². The van der Waals surface area contributed by atoms with Crippen LogP contribution in [0.25, 0.3) is 0 Å². The van der Waals surface area contributed by atoms with Crippen molar-refractivity contribution in [2.75, 3.05) is 13.2 Å². The third kappa shape index (κ3) is 43.9. The first kappa shape index (κ1) is 68.8. The highest BCUT2D eigenvalue weighted by Gasteiger charge is 2.23. The highest BCUT2D eigenvalue weighted by molar-refractivity contribution is 4.72. The Balaban J connectivity index is 5.33. The standard InChI is InChI=1S/C64H130O5/c1-17-19-21-23-25-27-35-67-63(33-29-31-49(3)37-51(5)39-53(7)41-55(9)43-57(11)45-59(13)47-61(15)65)69-64(68-36-28-26-24-22-20-18-2)34-30-32-50(4)38-52(6)40-54(8)42-56(10)44-58(12)46-60(14)48-62(16)66/h49-66H,17-48H2,1-16H3. The lowest BCUT2D eigenvalue weighted by molar-refractivity contribution is -0.250. The van der Waals surface area contributed by atoms with Crippen molar-refractivity contribution >= 4 is 0 Å². The highest BCUT2D eigenvalue weighted by Crippen LogP contribution is 2.32. The quantitative estimate of drug-likeness (QED) is 0.0470. The summed E-state index contributed by atoms with van der Waals surface area (Å²) in [6.45, 7) is 39.3. The third-order valence-electron chi connectivity index (χ3n) is 15.7. The summed E-state index contributed by atoms with van der Waals surface area (Å²) in [5, 5.41) is 19.6. The van der Waals surface area contributed by atoms with E-state index in [2.05, 4.69) is 96.9 Å². The van der Waals surface area contributed by atoms with Gasteiger partial charge in [-0.15, -0.1) is 0 Å². The fourth-order valence-electron chi connectivity index (χ4n) is 13.2. The molecule has 69 heavy (non-hydrogen) atoms. The van der Waals surface area contributed by atoms with Crippen molar-refractivity contribution in [3.8, 4) is 0 Å². The molecule has 0 spiro atoms. The molecule has 5 heteroatoms. The van der Waals surface area contributed by atoms with Crippen LogP contribution in [0, 0.1) is 71.0 Å². The molecule has 0 aliphatic carbocycles. The highest BCUT2D eigenvalue weighted by atomic mass is 16.8. The summed E-state index contributed by atoms with van der Waals surface area (Å²) in [5.74, 6) is 8.63. The van der Waals surface area contributed by atoms with Crippen molar-refractivity contribution in [1.29, 1.82) is 0 Å². The van der Waals surface area contributed by atoms with E-state index in [-0.39, 0.29) is 24.8 Å². The predicted octanol–water partition coefficient (Wildman–Crippen LogP) is 19.8. The van der Waals surface area contributed by atoms with E-state index in [1.165, 1.54) is 141 Å². The van der Waals surface area contributed by atoms with Crippen LogP contribution in [0.4, 0.5) is 0 Å². The zero-order chi connectivity index (χ0) is 52.0. The molecule has 0 rings (SSSR count). The normalized spacial score (nSPS) is 19.4. The Morgan fingerprint density at radius 2 is 0.493 bits per heavy atom. The summed E-state index contributed by atoms with van der Waals surface area (Å²) in [7, 11) is 0. The minimum Gasteiger partial charge on any atom is -0.393 e. The minimum absolute atomic E-state index is 0.185. The molecule has 0 aliphatic rings. The molecule has 5 nitrogen and oxygen atoms in total. The number of hydrogen-bond acceptors (Lipinski definition) is 5. The van der Waals surface area contributed by atoms with Gasteiger partial charge in [-0.05, 0) is 200 Å². The van der Waals surface area contributed by atoms with Gasteiger partial charge in [0.05, 0.1) is 12.2 Å². The molecule has 0 bridgehead atoms. The molecule has 0 heterocycles. The van der Waals surface area contributed by atoms with Gasteiger partial charge in [0.15, 0.2) is 12.6 Å². The number of aliphatic hydroxyl groups excluding tert-OH is 2. The topological polar surface area (TPSA) is 68.2 Å². The summed E-state index contributed by atoms with van der Waals surface area (Å²) in [4.78, 5) is 0. The van der Waals surface area contributed by atoms with Crippen LogP contribution in [-0.2, 0) is 14.2 Å². The monoisotopic (exact) mass is 979 g/mol. The Morgan fingerprint density at radius 3 is 0.754 bits per heavy atom.